The van der Waals surface area contributed by atoms with Gasteiger partial charge in [0, 0.05) is 11.9 Å². The van der Waals surface area contributed by atoms with E-state index in [1.807, 2.05) is 43.3 Å². The Kier molecular flexibility index (Phi) is 7.35. The molecule has 0 spiro atoms. The van der Waals surface area contributed by atoms with Crippen LogP contribution in [0.5, 0.6) is 0 Å². The number of anilines is 2. The van der Waals surface area contributed by atoms with Gasteiger partial charge >= 0.3 is 0 Å². The van der Waals surface area contributed by atoms with Crippen LogP contribution in [0.3, 0.4) is 0 Å². The van der Waals surface area contributed by atoms with Gasteiger partial charge in [-0.1, -0.05) is 36.5 Å². The summed E-state index contributed by atoms with van der Waals surface area (Å²) in [6.07, 6.45) is 1.71. The second-order valence-electron chi connectivity index (χ2n) is 6.42. The first-order chi connectivity index (χ1) is 15.6. The number of hydrogen-bond donors (Lipinski definition) is 3. The molecule has 0 radical (unpaired) electrons. The van der Waals surface area contributed by atoms with Crippen molar-refractivity contribution in [1.82, 2.24) is 25.1 Å². The molecule has 3 aromatic heterocycles. The third kappa shape index (κ3) is 5.84. The fourth-order valence-corrected chi connectivity index (χ4v) is 5.23. The molecule has 3 heterocycles. The van der Waals surface area contributed by atoms with Gasteiger partial charge in [-0.25, -0.2) is 15.5 Å². The van der Waals surface area contributed by atoms with Gasteiger partial charge in [0.25, 0.3) is 0 Å². The number of carbonyl (C=O) groups excluding carboxylic acids is 1. The predicted molar refractivity (Wildman–Crippen MR) is 132 cm³/mol. The lowest BCUT2D eigenvalue weighted by Gasteiger charge is -2.03. The van der Waals surface area contributed by atoms with E-state index in [0.717, 1.165) is 31.7 Å². The summed E-state index contributed by atoms with van der Waals surface area (Å²) < 4.78 is 2.09. The molecule has 4 rings (SSSR count). The molecule has 9 nitrogen and oxygen atoms in total. The van der Waals surface area contributed by atoms with Crippen LogP contribution in [0.1, 0.15) is 19.5 Å². The van der Waals surface area contributed by atoms with Gasteiger partial charge < -0.3 is 5.32 Å². The molecule has 0 saturated carbocycles. The molecule has 0 fully saturated rings. The van der Waals surface area contributed by atoms with Gasteiger partial charge in [0.2, 0.25) is 17.0 Å². The number of H-pyrrole nitrogens is 1. The second kappa shape index (κ2) is 10.6. The number of nitrogens with one attached hydrogen (secondary N) is 3. The number of rotatable bonds is 9. The van der Waals surface area contributed by atoms with E-state index in [2.05, 4.69) is 47.9 Å². The zero-order valence-corrected chi connectivity index (χ0v) is 19.8. The quantitative estimate of drug-likeness (QED) is 0.181. The van der Waals surface area contributed by atoms with Crippen LogP contribution in [-0.2, 0) is 4.79 Å². The number of thioether (sulfide) groups is 2. The molecule has 1 aromatic carbocycles. The Morgan fingerprint density at radius 1 is 1.22 bits per heavy atom. The van der Waals surface area contributed by atoms with Gasteiger partial charge in [-0.3, -0.25) is 9.78 Å². The van der Waals surface area contributed by atoms with Gasteiger partial charge in [-0.2, -0.15) is 10.1 Å². The standard InChI is InChI=1S/C20H20N8OS3/c1-3-30-20-23-15-8-7-13(10-16(15)32-20)22-17(29)11-31-19-24-18(27-28-19)26-25-12(2)14-6-4-5-9-21-14/h4-10H,3,11H2,1-2H3,(H,22,29)(H2,24,26,27,28)/b25-12-. The first kappa shape index (κ1) is 22.2. The fraction of sp³-hybridized carbons (Fsp3) is 0.200. The lowest BCUT2D eigenvalue weighted by atomic mass is 10.3. The Bertz CT molecular complexity index is 1240. The molecule has 32 heavy (non-hydrogen) atoms. The molecule has 0 aliphatic carbocycles. The van der Waals surface area contributed by atoms with E-state index in [1.54, 1.807) is 29.3 Å². The van der Waals surface area contributed by atoms with E-state index in [9.17, 15) is 4.79 Å². The number of aromatic amines is 1. The average molecular weight is 485 g/mol. The van der Waals surface area contributed by atoms with E-state index >= 15 is 0 Å². The van der Waals surface area contributed by atoms with Crippen molar-refractivity contribution >= 4 is 68.3 Å². The molecule has 0 aliphatic heterocycles. The van der Waals surface area contributed by atoms with Crippen molar-refractivity contribution in [2.24, 2.45) is 5.10 Å². The second-order valence-corrected chi connectivity index (χ2v) is 9.91. The van der Waals surface area contributed by atoms with Crippen LogP contribution in [-0.4, -0.2) is 48.3 Å². The van der Waals surface area contributed by atoms with Crippen molar-refractivity contribution in [2.75, 3.05) is 22.2 Å². The van der Waals surface area contributed by atoms with Crippen LogP contribution < -0.4 is 10.7 Å². The molecule has 0 bridgehead atoms. The van der Waals surface area contributed by atoms with Gasteiger partial charge in [-0.15, -0.1) is 16.4 Å². The molecule has 4 aromatic rings. The number of thiazole rings is 1. The molecule has 1 amide bonds. The Morgan fingerprint density at radius 2 is 2.12 bits per heavy atom. The Balaban J connectivity index is 1.29. The number of fused-ring (bicyclic) bond motifs is 1. The highest BCUT2D eigenvalue weighted by Crippen LogP contribution is 2.31. The molecule has 0 unspecified atom stereocenters. The normalized spacial score (nSPS) is 11.6. The van der Waals surface area contributed by atoms with Crippen LogP contribution >= 0.6 is 34.9 Å². The van der Waals surface area contributed by atoms with Crippen LogP contribution in [0.4, 0.5) is 11.6 Å². The first-order valence-corrected chi connectivity index (χ1v) is 12.5. The summed E-state index contributed by atoms with van der Waals surface area (Å²) in [7, 11) is 0. The van der Waals surface area contributed by atoms with Crippen molar-refractivity contribution in [2.45, 2.75) is 23.3 Å². The summed E-state index contributed by atoms with van der Waals surface area (Å²) in [5.41, 5.74) is 5.99. The number of hydrogen-bond acceptors (Lipinski definition) is 10. The number of nitrogens with zero attached hydrogens (tertiary/aromatic N) is 5. The van der Waals surface area contributed by atoms with Crippen LogP contribution in [0.25, 0.3) is 10.2 Å². The maximum absolute atomic E-state index is 12.3. The van der Waals surface area contributed by atoms with Crippen molar-refractivity contribution in [3.05, 3.63) is 48.3 Å². The molecule has 12 heteroatoms. The van der Waals surface area contributed by atoms with E-state index in [4.69, 9.17) is 0 Å². The minimum Gasteiger partial charge on any atom is -0.325 e. The Morgan fingerprint density at radius 3 is 2.94 bits per heavy atom. The molecule has 0 aliphatic rings. The van der Waals surface area contributed by atoms with E-state index in [-0.39, 0.29) is 11.7 Å². The average Bonchev–Trinajstić information content (AvgIpc) is 3.43. The molecule has 164 valence electrons. The minimum absolute atomic E-state index is 0.134. The van der Waals surface area contributed by atoms with Gasteiger partial charge in [0.05, 0.1) is 27.4 Å². The predicted octanol–water partition coefficient (Wildman–Crippen LogP) is 4.49. The SMILES string of the molecule is CCSc1nc2ccc(NC(=O)CSc3n[nH]c(N/N=C(/C)c4ccccn4)n3)cc2s1. The van der Waals surface area contributed by atoms with Crippen molar-refractivity contribution in [1.29, 1.82) is 0 Å². The van der Waals surface area contributed by atoms with E-state index in [1.165, 1.54) is 11.8 Å². The summed E-state index contributed by atoms with van der Waals surface area (Å²) in [5.74, 6) is 1.42. The third-order valence-electron chi connectivity index (χ3n) is 4.08. The summed E-state index contributed by atoms with van der Waals surface area (Å²) >= 11 is 4.58. The van der Waals surface area contributed by atoms with Crippen molar-refractivity contribution in [3.63, 3.8) is 0 Å². The molecular formula is C20H20N8OS3. The highest BCUT2D eigenvalue weighted by atomic mass is 32.2. The highest BCUT2D eigenvalue weighted by Gasteiger charge is 2.10. The molecule has 0 saturated heterocycles. The lowest BCUT2D eigenvalue weighted by molar-refractivity contribution is -0.113. The maximum atomic E-state index is 12.3. The number of aromatic nitrogens is 5. The number of pyridine rings is 1. The summed E-state index contributed by atoms with van der Waals surface area (Å²) in [4.78, 5) is 25.4. The monoisotopic (exact) mass is 484 g/mol. The minimum atomic E-state index is -0.134. The molecule has 0 atom stereocenters. The number of benzene rings is 1. The number of amides is 1. The molecule has 3 N–H and O–H groups in total. The summed E-state index contributed by atoms with van der Waals surface area (Å²) in [5, 5.41) is 14.5. The van der Waals surface area contributed by atoms with Gasteiger partial charge in [-0.05, 0) is 43.0 Å². The van der Waals surface area contributed by atoms with Gasteiger partial charge in [0.1, 0.15) is 0 Å². The van der Waals surface area contributed by atoms with Crippen molar-refractivity contribution < 1.29 is 4.79 Å². The van der Waals surface area contributed by atoms with Crippen LogP contribution in [0, 0.1) is 0 Å². The topological polar surface area (TPSA) is 121 Å². The Hall–Kier alpha value is -2.96. The summed E-state index contributed by atoms with van der Waals surface area (Å²) in [6.45, 7) is 3.95. The van der Waals surface area contributed by atoms with Crippen molar-refractivity contribution in [3.8, 4) is 0 Å². The fourth-order valence-electron chi connectivity index (χ4n) is 2.63. The smallest absolute Gasteiger partial charge is 0.240 e. The largest absolute Gasteiger partial charge is 0.325 e. The van der Waals surface area contributed by atoms with Crippen LogP contribution in [0.2, 0.25) is 0 Å². The van der Waals surface area contributed by atoms with Crippen LogP contribution in [0.15, 0.2) is 57.2 Å². The van der Waals surface area contributed by atoms with E-state index in [0.29, 0.717) is 16.8 Å². The number of hydrazone groups is 1. The number of carbonyl (C=O) groups is 1. The summed E-state index contributed by atoms with van der Waals surface area (Å²) in [6, 6.07) is 11.4. The molecular weight excluding hydrogens is 464 g/mol. The third-order valence-corrected chi connectivity index (χ3v) is 6.97. The van der Waals surface area contributed by atoms with E-state index < -0.39 is 0 Å². The van der Waals surface area contributed by atoms with Gasteiger partial charge in [0.15, 0.2) is 4.34 Å². The highest BCUT2D eigenvalue weighted by molar-refractivity contribution is 8.01. The zero-order valence-electron chi connectivity index (χ0n) is 17.3. The first-order valence-electron chi connectivity index (χ1n) is 9.71. The lowest BCUT2D eigenvalue weighted by Crippen LogP contribution is -2.14. The Labute approximate surface area is 196 Å². The zero-order chi connectivity index (χ0) is 22.3. The maximum Gasteiger partial charge on any atom is 0.240 e.